The predicted octanol–water partition coefficient (Wildman–Crippen LogP) is 4.50. The molecule has 0 aliphatic carbocycles. The number of hydrogen-bond acceptors (Lipinski definition) is 2. The van der Waals surface area contributed by atoms with Gasteiger partial charge >= 0.3 is 0 Å². The van der Waals surface area contributed by atoms with Crippen molar-refractivity contribution in [2.75, 3.05) is 6.61 Å². The minimum atomic E-state index is -1.64. The lowest BCUT2D eigenvalue weighted by Crippen LogP contribution is -2.42. The highest BCUT2D eigenvalue weighted by Gasteiger charge is 2.54. The first kappa shape index (κ1) is 15.7. The van der Waals surface area contributed by atoms with Crippen LogP contribution in [0.5, 0.6) is 0 Å². The van der Waals surface area contributed by atoms with Crippen LogP contribution in [0.25, 0.3) is 0 Å². The van der Waals surface area contributed by atoms with Crippen molar-refractivity contribution in [1.82, 2.24) is 0 Å². The number of halogens is 1. The van der Waals surface area contributed by atoms with Crippen LogP contribution < -0.4 is 0 Å². The molecule has 2 atom stereocenters. The Morgan fingerprint density at radius 3 is 2.41 bits per heavy atom. The SMILES string of the molecule is C/C(=C\I)[C@]1(C)O[C@@H]1CO[Si](C)(C)C(C)(C)C. The van der Waals surface area contributed by atoms with Crippen LogP contribution in [-0.2, 0) is 9.16 Å². The average molecular weight is 368 g/mol. The molecule has 0 bridgehead atoms. The summed E-state index contributed by atoms with van der Waals surface area (Å²) in [4.78, 5) is 0. The number of ether oxygens (including phenoxy) is 1. The third-order valence-corrected chi connectivity index (χ3v) is 9.73. The smallest absolute Gasteiger partial charge is 0.192 e. The van der Waals surface area contributed by atoms with Gasteiger partial charge in [0.05, 0.1) is 6.61 Å². The highest BCUT2D eigenvalue weighted by molar-refractivity contribution is 14.1. The van der Waals surface area contributed by atoms with E-state index >= 15 is 0 Å². The lowest BCUT2D eigenvalue weighted by atomic mass is 10.0. The summed E-state index contributed by atoms with van der Waals surface area (Å²) in [6, 6.07) is 0. The molecule has 17 heavy (non-hydrogen) atoms. The van der Waals surface area contributed by atoms with Crippen molar-refractivity contribution in [3.8, 4) is 0 Å². The summed E-state index contributed by atoms with van der Waals surface area (Å²) in [6.07, 6.45) is 0.239. The zero-order valence-corrected chi connectivity index (χ0v) is 15.2. The Bertz CT molecular complexity index is 320. The van der Waals surface area contributed by atoms with Crippen LogP contribution in [0.3, 0.4) is 0 Å². The molecule has 0 N–H and O–H groups in total. The van der Waals surface area contributed by atoms with E-state index in [0.717, 1.165) is 6.61 Å². The second-order valence-corrected chi connectivity index (χ2v) is 12.0. The van der Waals surface area contributed by atoms with Gasteiger partial charge in [0, 0.05) is 0 Å². The van der Waals surface area contributed by atoms with Crippen LogP contribution >= 0.6 is 22.6 Å². The summed E-state index contributed by atoms with van der Waals surface area (Å²) >= 11 is 2.27. The maximum absolute atomic E-state index is 6.19. The van der Waals surface area contributed by atoms with Gasteiger partial charge in [0.2, 0.25) is 0 Å². The maximum Gasteiger partial charge on any atom is 0.192 e. The fraction of sp³-hybridized carbons (Fsp3) is 0.846. The molecule has 1 heterocycles. The van der Waals surface area contributed by atoms with Crippen molar-refractivity contribution in [3.05, 3.63) is 9.66 Å². The number of rotatable bonds is 4. The third kappa shape index (κ3) is 3.33. The van der Waals surface area contributed by atoms with Gasteiger partial charge in [0.1, 0.15) is 11.7 Å². The molecule has 0 spiro atoms. The zero-order chi connectivity index (χ0) is 13.5. The molecule has 1 rings (SSSR count). The lowest BCUT2D eigenvalue weighted by molar-refractivity contribution is 0.239. The van der Waals surface area contributed by atoms with Gasteiger partial charge in [-0.1, -0.05) is 43.4 Å². The van der Waals surface area contributed by atoms with Gasteiger partial charge in [-0.25, -0.2) is 0 Å². The topological polar surface area (TPSA) is 21.8 Å². The standard InChI is InChI=1S/C13H25IO2Si/c1-10(8-14)13(5)11(16-13)9-15-17(6,7)12(2,3)4/h8,11H,9H2,1-7H3/b10-8+/t11-,13+/m1/s1. The molecule has 0 amide bonds. The van der Waals surface area contributed by atoms with Gasteiger partial charge in [-0.2, -0.15) is 0 Å². The summed E-state index contributed by atoms with van der Waals surface area (Å²) in [5, 5.41) is 0.270. The molecule has 100 valence electrons. The average Bonchev–Trinajstić information content (AvgIpc) is 2.85. The minimum absolute atomic E-state index is 0.0798. The maximum atomic E-state index is 6.19. The van der Waals surface area contributed by atoms with Gasteiger partial charge < -0.3 is 9.16 Å². The molecule has 4 heteroatoms. The third-order valence-electron chi connectivity index (χ3n) is 4.29. The largest absolute Gasteiger partial charge is 0.414 e. The van der Waals surface area contributed by atoms with E-state index in [4.69, 9.17) is 9.16 Å². The first-order valence-electron chi connectivity index (χ1n) is 6.14. The van der Waals surface area contributed by atoms with Crippen molar-refractivity contribution in [1.29, 1.82) is 0 Å². The fourth-order valence-electron chi connectivity index (χ4n) is 1.41. The molecule has 1 saturated heterocycles. The molecule has 1 aliphatic rings. The van der Waals surface area contributed by atoms with Crippen molar-refractivity contribution in [2.45, 2.75) is 64.5 Å². The molecular weight excluding hydrogens is 343 g/mol. The van der Waals surface area contributed by atoms with Crippen LogP contribution in [0, 0.1) is 0 Å². The van der Waals surface area contributed by atoms with Crippen molar-refractivity contribution in [2.24, 2.45) is 0 Å². The van der Waals surface area contributed by atoms with E-state index in [1.807, 2.05) is 0 Å². The molecule has 0 aromatic heterocycles. The quantitative estimate of drug-likeness (QED) is 0.414. The van der Waals surface area contributed by atoms with Crippen molar-refractivity contribution < 1.29 is 9.16 Å². The Hall–Kier alpha value is 0.607. The zero-order valence-electron chi connectivity index (χ0n) is 12.1. The van der Waals surface area contributed by atoms with E-state index in [0.29, 0.717) is 0 Å². The van der Waals surface area contributed by atoms with Crippen molar-refractivity contribution >= 4 is 30.9 Å². The molecule has 1 aliphatic heterocycles. The summed E-state index contributed by atoms with van der Waals surface area (Å²) < 4.78 is 14.1. The Labute approximate surface area is 120 Å². The Kier molecular flexibility index (Phi) is 4.55. The van der Waals surface area contributed by atoms with Gasteiger partial charge in [-0.3, -0.25) is 0 Å². The Balaban J connectivity index is 2.51. The second kappa shape index (κ2) is 4.94. The molecule has 1 fully saturated rings. The van der Waals surface area contributed by atoms with E-state index in [1.165, 1.54) is 5.57 Å². The van der Waals surface area contributed by atoms with E-state index in [2.05, 4.69) is 74.4 Å². The van der Waals surface area contributed by atoms with Crippen LogP contribution in [0.1, 0.15) is 34.6 Å². The monoisotopic (exact) mass is 368 g/mol. The van der Waals surface area contributed by atoms with E-state index in [-0.39, 0.29) is 16.7 Å². The number of hydrogen-bond donors (Lipinski definition) is 0. The second-order valence-electron chi connectivity index (χ2n) is 6.58. The van der Waals surface area contributed by atoms with Crippen LogP contribution in [0.2, 0.25) is 18.1 Å². The van der Waals surface area contributed by atoms with E-state index < -0.39 is 8.32 Å². The first-order chi connectivity index (χ1) is 7.54. The van der Waals surface area contributed by atoms with E-state index in [9.17, 15) is 0 Å². The summed E-state index contributed by atoms with van der Waals surface area (Å²) in [6.45, 7) is 16.4. The van der Waals surface area contributed by atoms with Gasteiger partial charge in [-0.05, 0) is 41.6 Å². The fourth-order valence-corrected chi connectivity index (χ4v) is 3.03. The van der Waals surface area contributed by atoms with Gasteiger partial charge in [-0.15, -0.1) is 0 Å². The summed E-state index contributed by atoms with van der Waals surface area (Å²) in [5.41, 5.74) is 1.21. The Morgan fingerprint density at radius 1 is 1.47 bits per heavy atom. The first-order valence-corrected chi connectivity index (χ1v) is 10.3. The van der Waals surface area contributed by atoms with Gasteiger partial charge in [0.25, 0.3) is 0 Å². The minimum Gasteiger partial charge on any atom is -0.414 e. The molecule has 0 saturated carbocycles. The Morgan fingerprint density at radius 2 is 2.00 bits per heavy atom. The van der Waals surface area contributed by atoms with E-state index in [1.54, 1.807) is 0 Å². The molecule has 0 aromatic rings. The highest BCUT2D eigenvalue weighted by Crippen LogP contribution is 2.44. The van der Waals surface area contributed by atoms with Crippen molar-refractivity contribution in [3.63, 3.8) is 0 Å². The molecule has 2 nitrogen and oxygen atoms in total. The molecular formula is C13H25IO2Si. The summed E-state index contributed by atoms with van der Waals surface area (Å²) in [7, 11) is -1.64. The van der Waals surface area contributed by atoms with Crippen LogP contribution in [0.15, 0.2) is 9.66 Å². The normalized spacial score (nSPS) is 30.6. The van der Waals surface area contributed by atoms with Crippen LogP contribution in [-0.4, -0.2) is 26.6 Å². The highest BCUT2D eigenvalue weighted by atomic mass is 127. The van der Waals surface area contributed by atoms with Gasteiger partial charge in [0.15, 0.2) is 8.32 Å². The lowest BCUT2D eigenvalue weighted by Gasteiger charge is -2.36. The summed E-state index contributed by atoms with van der Waals surface area (Å²) in [5.74, 6) is 0. The predicted molar refractivity (Wildman–Crippen MR) is 84.2 cm³/mol. The number of epoxide rings is 1. The molecule has 0 unspecified atom stereocenters. The molecule has 0 radical (unpaired) electrons. The van der Waals surface area contributed by atoms with Crippen LogP contribution in [0.4, 0.5) is 0 Å². The molecule has 0 aromatic carbocycles.